The van der Waals surface area contributed by atoms with Crippen molar-refractivity contribution in [3.63, 3.8) is 0 Å². The predicted molar refractivity (Wildman–Crippen MR) is 70.7 cm³/mol. The molecule has 2 aromatic rings. The molecule has 2 aromatic carbocycles. The monoisotopic (exact) mass is 258 g/mol. The molecule has 0 aliphatic carbocycles. The van der Waals surface area contributed by atoms with Crippen LogP contribution in [-0.2, 0) is 6.42 Å². The summed E-state index contributed by atoms with van der Waals surface area (Å²) in [6.07, 6.45) is 1.15. The van der Waals surface area contributed by atoms with Gasteiger partial charge in [-0.25, -0.2) is 4.39 Å². The van der Waals surface area contributed by atoms with E-state index in [2.05, 4.69) is 0 Å². The molecule has 98 valence electrons. The van der Waals surface area contributed by atoms with Gasteiger partial charge in [0.2, 0.25) is 0 Å². The number of aliphatic hydroxyl groups is 1. The van der Waals surface area contributed by atoms with E-state index in [-0.39, 0.29) is 5.82 Å². The van der Waals surface area contributed by atoms with Crippen LogP contribution in [0.3, 0.4) is 0 Å². The van der Waals surface area contributed by atoms with Gasteiger partial charge in [0, 0.05) is 0 Å². The second kappa shape index (κ2) is 5.02. The molecule has 0 bridgehead atoms. The number of hydrogen-bond donors (Lipinski definition) is 1. The molecule has 3 heteroatoms. The van der Waals surface area contributed by atoms with Crippen molar-refractivity contribution in [3.8, 4) is 5.75 Å². The Morgan fingerprint density at radius 3 is 2.79 bits per heavy atom. The Bertz CT molecular complexity index is 595. The van der Waals surface area contributed by atoms with E-state index in [1.165, 1.54) is 12.1 Å². The van der Waals surface area contributed by atoms with Crippen LogP contribution in [0.2, 0.25) is 0 Å². The Hall–Kier alpha value is -1.87. The fourth-order valence-corrected chi connectivity index (χ4v) is 2.42. The minimum Gasteiger partial charge on any atom is -0.493 e. The molecule has 1 unspecified atom stereocenters. The summed E-state index contributed by atoms with van der Waals surface area (Å²) in [7, 11) is 0. The average Bonchev–Trinajstić information content (AvgIpc) is 2.46. The largest absolute Gasteiger partial charge is 0.493 e. The molecule has 0 spiro atoms. The van der Waals surface area contributed by atoms with Gasteiger partial charge in [-0.05, 0) is 53.8 Å². The zero-order valence-electron chi connectivity index (χ0n) is 10.5. The van der Waals surface area contributed by atoms with E-state index in [0.717, 1.165) is 36.3 Å². The number of halogens is 1. The molecule has 2 nitrogen and oxygen atoms in total. The Balaban J connectivity index is 1.93. The molecule has 0 aromatic heterocycles. The van der Waals surface area contributed by atoms with Gasteiger partial charge in [0.25, 0.3) is 0 Å². The second-order valence-corrected chi connectivity index (χ2v) is 4.78. The summed E-state index contributed by atoms with van der Waals surface area (Å²) in [5.74, 6) is 0.555. The molecule has 1 aliphatic heterocycles. The second-order valence-electron chi connectivity index (χ2n) is 4.78. The summed E-state index contributed by atoms with van der Waals surface area (Å²) in [5, 5.41) is 10.3. The number of ether oxygens (including phenoxy) is 1. The number of fused-ring (bicyclic) bond motifs is 1. The first-order chi connectivity index (χ1) is 9.24. The number of aryl methyl sites for hydroxylation is 1. The van der Waals surface area contributed by atoms with E-state index in [1.54, 1.807) is 12.1 Å². The van der Waals surface area contributed by atoms with Crippen LogP contribution in [0.1, 0.15) is 29.2 Å². The topological polar surface area (TPSA) is 29.5 Å². The molecular formula is C16H15FO2. The van der Waals surface area contributed by atoms with Crippen LogP contribution in [0.5, 0.6) is 5.75 Å². The highest BCUT2D eigenvalue weighted by Crippen LogP contribution is 2.30. The summed E-state index contributed by atoms with van der Waals surface area (Å²) < 4.78 is 18.7. The Morgan fingerprint density at radius 1 is 1.11 bits per heavy atom. The summed E-state index contributed by atoms with van der Waals surface area (Å²) in [6.45, 7) is 0.749. The Labute approximate surface area is 111 Å². The van der Waals surface area contributed by atoms with Gasteiger partial charge in [0.1, 0.15) is 17.7 Å². The zero-order valence-corrected chi connectivity index (χ0v) is 10.5. The van der Waals surface area contributed by atoms with Crippen molar-refractivity contribution in [1.29, 1.82) is 0 Å². The van der Waals surface area contributed by atoms with E-state index < -0.39 is 6.10 Å². The van der Waals surface area contributed by atoms with Crippen molar-refractivity contribution in [2.24, 2.45) is 0 Å². The lowest BCUT2D eigenvalue weighted by atomic mass is 9.97. The van der Waals surface area contributed by atoms with Gasteiger partial charge in [0.15, 0.2) is 0 Å². The molecule has 0 amide bonds. The molecule has 0 radical (unpaired) electrons. The minimum atomic E-state index is -0.803. The van der Waals surface area contributed by atoms with Crippen molar-refractivity contribution in [2.45, 2.75) is 18.9 Å². The molecule has 1 aliphatic rings. The van der Waals surface area contributed by atoms with E-state index in [4.69, 9.17) is 4.74 Å². The van der Waals surface area contributed by atoms with E-state index in [1.807, 2.05) is 18.2 Å². The molecule has 19 heavy (non-hydrogen) atoms. The molecule has 0 saturated heterocycles. The van der Waals surface area contributed by atoms with E-state index in [0.29, 0.717) is 5.56 Å². The van der Waals surface area contributed by atoms with Gasteiger partial charge >= 0.3 is 0 Å². The molecule has 1 heterocycles. The SMILES string of the molecule is OC(c1cccc(F)c1)c1ccc2c(c1)CCCO2. The predicted octanol–water partition coefficient (Wildman–Crippen LogP) is 3.23. The summed E-state index contributed by atoms with van der Waals surface area (Å²) in [5.41, 5.74) is 2.45. The minimum absolute atomic E-state index is 0.335. The van der Waals surface area contributed by atoms with Gasteiger partial charge in [0.05, 0.1) is 6.61 Å². The first-order valence-electron chi connectivity index (χ1n) is 6.43. The zero-order chi connectivity index (χ0) is 13.2. The molecule has 3 rings (SSSR count). The smallest absolute Gasteiger partial charge is 0.123 e. The maximum atomic E-state index is 13.2. The summed E-state index contributed by atoms with van der Waals surface area (Å²) in [4.78, 5) is 0. The lowest BCUT2D eigenvalue weighted by molar-refractivity contribution is 0.219. The van der Waals surface area contributed by atoms with Crippen LogP contribution in [-0.4, -0.2) is 11.7 Å². The maximum Gasteiger partial charge on any atom is 0.123 e. The van der Waals surface area contributed by atoms with Crippen molar-refractivity contribution in [1.82, 2.24) is 0 Å². The van der Waals surface area contributed by atoms with E-state index in [9.17, 15) is 9.50 Å². The third kappa shape index (κ3) is 2.47. The van der Waals surface area contributed by atoms with Crippen LogP contribution in [0.4, 0.5) is 4.39 Å². The highest BCUT2D eigenvalue weighted by atomic mass is 19.1. The first kappa shape index (κ1) is 12.2. The number of rotatable bonds is 2. The molecular weight excluding hydrogens is 243 g/mol. The van der Waals surface area contributed by atoms with Crippen LogP contribution in [0, 0.1) is 5.82 Å². The van der Waals surface area contributed by atoms with Crippen molar-refractivity contribution in [3.05, 3.63) is 65.0 Å². The number of hydrogen-bond acceptors (Lipinski definition) is 2. The van der Waals surface area contributed by atoms with E-state index >= 15 is 0 Å². The summed E-state index contributed by atoms with van der Waals surface area (Å²) in [6, 6.07) is 11.7. The first-order valence-corrected chi connectivity index (χ1v) is 6.43. The van der Waals surface area contributed by atoms with Gasteiger partial charge < -0.3 is 9.84 Å². The third-order valence-corrected chi connectivity index (χ3v) is 3.41. The highest BCUT2D eigenvalue weighted by molar-refractivity contribution is 5.41. The highest BCUT2D eigenvalue weighted by Gasteiger charge is 2.15. The van der Waals surface area contributed by atoms with Gasteiger partial charge in [-0.3, -0.25) is 0 Å². The van der Waals surface area contributed by atoms with Gasteiger partial charge in [-0.15, -0.1) is 0 Å². The molecule has 0 fully saturated rings. The van der Waals surface area contributed by atoms with Gasteiger partial charge in [-0.2, -0.15) is 0 Å². The fourth-order valence-electron chi connectivity index (χ4n) is 2.42. The maximum absolute atomic E-state index is 13.2. The third-order valence-electron chi connectivity index (χ3n) is 3.41. The number of aliphatic hydroxyl groups excluding tert-OH is 1. The van der Waals surface area contributed by atoms with Crippen molar-refractivity contribution >= 4 is 0 Å². The van der Waals surface area contributed by atoms with Crippen molar-refractivity contribution < 1.29 is 14.2 Å². The Kier molecular flexibility index (Phi) is 3.22. The molecule has 1 atom stereocenters. The van der Waals surface area contributed by atoms with Crippen molar-refractivity contribution in [2.75, 3.05) is 6.61 Å². The summed E-state index contributed by atoms with van der Waals surface area (Å²) >= 11 is 0. The quantitative estimate of drug-likeness (QED) is 0.896. The van der Waals surface area contributed by atoms with Crippen LogP contribution >= 0.6 is 0 Å². The lowest BCUT2D eigenvalue weighted by Crippen LogP contribution is -2.09. The fraction of sp³-hybridized carbons (Fsp3) is 0.250. The standard InChI is InChI=1S/C16H15FO2/c17-14-5-1-3-12(10-14)16(18)13-6-7-15-11(9-13)4-2-8-19-15/h1,3,5-7,9-10,16,18H,2,4,8H2. The normalized spacial score (nSPS) is 15.5. The Morgan fingerprint density at radius 2 is 1.95 bits per heavy atom. The molecule has 1 N–H and O–H groups in total. The van der Waals surface area contributed by atoms with Gasteiger partial charge in [-0.1, -0.05) is 18.2 Å². The number of benzene rings is 2. The average molecular weight is 258 g/mol. The lowest BCUT2D eigenvalue weighted by Gasteiger charge is -2.19. The van der Waals surface area contributed by atoms with Crippen LogP contribution in [0.15, 0.2) is 42.5 Å². The molecule has 0 saturated carbocycles. The van der Waals surface area contributed by atoms with Crippen LogP contribution in [0.25, 0.3) is 0 Å². The van der Waals surface area contributed by atoms with Crippen LogP contribution < -0.4 is 4.74 Å².